The molecule has 0 saturated heterocycles. The Labute approximate surface area is 158 Å². The molecule has 0 radical (unpaired) electrons. The molecular formula is C16H17ClIN3O3. The van der Waals surface area contributed by atoms with E-state index < -0.39 is 5.91 Å². The van der Waals surface area contributed by atoms with E-state index in [0.717, 1.165) is 8.96 Å². The van der Waals surface area contributed by atoms with Gasteiger partial charge in [-0.15, -0.1) is 0 Å². The zero-order chi connectivity index (χ0) is 17.7. The molecule has 0 fully saturated rings. The van der Waals surface area contributed by atoms with Gasteiger partial charge in [0.2, 0.25) is 5.91 Å². The highest BCUT2D eigenvalue weighted by Crippen LogP contribution is 2.34. The lowest BCUT2D eigenvalue weighted by Crippen LogP contribution is -2.44. The molecule has 2 N–H and O–H groups in total. The molecular weight excluding hydrogens is 445 g/mol. The van der Waals surface area contributed by atoms with Crippen LogP contribution in [-0.2, 0) is 9.59 Å². The standard InChI is InChI=1S/C16H17ClIN3O3/c1-9(2)6-13(22)20-21-14(23)8-24-16-12(18)7-11(17)10-4-3-5-19-15(10)16/h3-5,7,9H,6,8H2,1-2H3,(H,20,22)(H,21,23). The molecule has 2 amide bonds. The van der Waals surface area contributed by atoms with Crippen molar-refractivity contribution in [3.63, 3.8) is 0 Å². The van der Waals surface area contributed by atoms with Gasteiger partial charge in [0.05, 0.1) is 8.59 Å². The van der Waals surface area contributed by atoms with Crippen LogP contribution in [0.25, 0.3) is 10.9 Å². The lowest BCUT2D eigenvalue weighted by atomic mass is 10.1. The molecule has 0 bridgehead atoms. The van der Waals surface area contributed by atoms with Gasteiger partial charge >= 0.3 is 0 Å². The maximum Gasteiger partial charge on any atom is 0.276 e. The fraction of sp³-hybridized carbons (Fsp3) is 0.312. The second-order valence-electron chi connectivity index (χ2n) is 5.55. The van der Waals surface area contributed by atoms with Crippen molar-refractivity contribution in [2.24, 2.45) is 5.92 Å². The summed E-state index contributed by atoms with van der Waals surface area (Å²) in [7, 11) is 0. The van der Waals surface area contributed by atoms with Crippen LogP contribution in [0.2, 0.25) is 5.02 Å². The van der Waals surface area contributed by atoms with E-state index in [4.69, 9.17) is 16.3 Å². The van der Waals surface area contributed by atoms with Gasteiger partial charge in [-0.25, -0.2) is 0 Å². The Morgan fingerprint density at radius 2 is 2.04 bits per heavy atom. The van der Waals surface area contributed by atoms with Crippen LogP contribution >= 0.6 is 34.2 Å². The van der Waals surface area contributed by atoms with Gasteiger partial charge in [-0.1, -0.05) is 25.4 Å². The predicted molar refractivity (Wildman–Crippen MR) is 101 cm³/mol. The van der Waals surface area contributed by atoms with Gasteiger partial charge in [-0.2, -0.15) is 0 Å². The Kier molecular flexibility index (Phi) is 6.61. The average molecular weight is 462 g/mol. The molecule has 0 spiro atoms. The molecule has 2 aromatic rings. The van der Waals surface area contributed by atoms with Crippen molar-refractivity contribution < 1.29 is 14.3 Å². The zero-order valence-electron chi connectivity index (χ0n) is 13.2. The fourth-order valence-electron chi connectivity index (χ4n) is 2.02. The molecule has 6 nitrogen and oxygen atoms in total. The molecule has 1 heterocycles. The number of ether oxygens (including phenoxy) is 1. The first-order valence-corrected chi connectivity index (χ1v) is 8.77. The van der Waals surface area contributed by atoms with Gasteiger partial charge in [0.25, 0.3) is 5.91 Å². The number of hydrazine groups is 1. The molecule has 0 aliphatic heterocycles. The summed E-state index contributed by atoms with van der Waals surface area (Å²) in [5.41, 5.74) is 5.27. The number of fused-ring (bicyclic) bond motifs is 1. The van der Waals surface area contributed by atoms with Gasteiger partial charge in [-0.3, -0.25) is 25.4 Å². The van der Waals surface area contributed by atoms with Crippen LogP contribution < -0.4 is 15.6 Å². The van der Waals surface area contributed by atoms with Crippen molar-refractivity contribution in [3.05, 3.63) is 33.0 Å². The van der Waals surface area contributed by atoms with Crippen LogP contribution in [-0.4, -0.2) is 23.4 Å². The first-order chi connectivity index (χ1) is 11.4. The molecule has 0 aliphatic rings. The number of halogens is 2. The third kappa shape index (κ3) is 4.94. The van der Waals surface area contributed by atoms with Crippen molar-refractivity contribution >= 4 is 56.9 Å². The molecule has 1 aromatic carbocycles. The number of hydrogen-bond acceptors (Lipinski definition) is 4. The second kappa shape index (κ2) is 8.48. The summed E-state index contributed by atoms with van der Waals surface area (Å²) in [6.45, 7) is 3.60. The average Bonchev–Trinajstić information content (AvgIpc) is 2.52. The summed E-state index contributed by atoms with van der Waals surface area (Å²) < 4.78 is 6.34. The van der Waals surface area contributed by atoms with Gasteiger partial charge in [-0.05, 0) is 46.7 Å². The van der Waals surface area contributed by atoms with Crippen molar-refractivity contribution in [1.29, 1.82) is 0 Å². The van der Waals surface area contributed by atoms with E-state index >= 15 is 0 Å². The highest BCUT2D eigenvalue weighted by Gasteiger charge is 2.14. The number of hydrogen-bond donors (Lipinski definition) is 2. The molecule has 128 valence electrons. The van der Waals surface area contributed by atoms with E-state index in [2.05, 4.69) is 38.4 Å². The molecule has 0 aliphatic carbocycles. The van der Waals surface area contributed by atoms with Gasteiger partial charge in [0.15, 0.2) is 12.4 Å². The maximum absolute atomic E-state index is 11.8. The Bertz CT molecular complexity index is 768. The number of pyridine rings is 1. The van der Waals surface area contributed by atoms with Crippen LogP contribution in [0.1, 0.15) is 20.3 Å². The minimum Gasteiger partial charge on any atom is -0.480 e. The Morgan fingerprint density at radius 1 is 1.33 bits per heavy atom. The summed E-state index contributed by atoms with van der Waals surface area (Å²) in [6, 6.07) is 5.37. The lowest BCUT2D eigenvalue weighted by Gasteiger charge is -2.12. The number of nitrogens with zero attached hydrogens (tertiary/aromatic N) is 1. The van der Waals surface area contributed by atoms with Crippen molar-refractivity contribution in [2.45, 2.75) is 20.3 Å². The van der Waals surface area contributed by atoms with E-state index in [9.17, 15) is 9.59 Å². The quantitative estimate of drug-likeness (QED) is 0.530. The molecule has 2 rings (SSSR count). The van der Waals surface area contributed by atoms with E-state index in [-0.39, 0.29) is 18.4 Å². The number of nitrogens with one attached hydrogen (secondary N) is 2. The topological polar surface area (TPSA) is 80.3 Å². The maximum atomic E-state index is 11.8. The lowest BCUT2D eigenvalue weighted by molar-refractivity contribution is -0.130. The number of rotatable bonds is 5. The van der Waals surface area contributed by atoms with Crippen LogP contribution in [0.15, 0.2) is 24.4 Å². The smallest absolute Gasteiger partial charge is 0.276 e. The first-order valence-electron chi connectivity index (χ1n) is 7.31. The number of benzene rings is 1. The molecule has 1 aromatic heterocycles. The largest absolute Gasteiger partial charge is 0.480 e. The zero-order valence-corrected chi connectivity index (χ0v) is 16.1. The minimum atomic E-state index is -0.457. The molecule has 0 saturated carbocycles. The number of carbonyl (C=O) groups is 2. The van der Waals surface area contributed by atoms with Crippen molar-refractivity contribution in [1.82, 2.24) is 15.8 Å². The third-order valence-corrected chi connectivity index (χ3v) is 4.15. The van der Waals surface area contributed by atoms with Crippen LogP contribution in [0.3, 0.4) is 0 Å². The normalized spacial score (nSPS) is 10.7. The van der Waals surface area contributed by atoms with Crippen molar-refractivity contribution in [3.8, 4) is 5.75 Å². The fourth-order valence-corrected chi connectivity index (χ4v) is 3.19. The summed E-state index contributed by atoms with van der Waals surface area (Å²) in [5, 5.41) is 1.32. The van der Waals surface area contributed by atoms with Crippen molar-refractivity contribution in [2.75, 3.05) is 6.61 Å². The van der Waals surface area contributed by atoms with Gasteiger partial charge in [0.1, 0.15) is 5.52 Å². The van der Waals surface area contributed by atoms with Gasteiger partial charge < -0.3 is 4.74 Å². The second-order valence-corrected chi connectivity index (χ2v) is 7.12. The van der Waals surface area contributed by atoms with E-state index in [0.29, 0.717) is 22.7 Å². The number of carbonyl (C=O) groups excluding carboxylic acids is 2. The monoisotopic (exact) mass is 461 g/mol. The molecule has 8 heteroatoms. The minimum absolute atomic E-state index is 0.214. The third-order valence-electron chi connectivity index (χ3n) is 3.03. The summed E-state index contributed by atoms with van der Waals surface area (Å²) in [4.78, 5) is 27.6. The molecule has 24 heavy (non-hydrogen) atoms. The van der Waals surface area contributed by atoms with Crippen LogP contribution in [0, 0.1) is 9.49 Å². The number of amides is 2. The van der Waals surface area contributed by atoms with Crippen LogP contribution in [0.5, 0.6) is 5.75 Å². The van der Waals surface area contributed by atoms with E-state index in [1.165, 1.54) is 0 Å². The summed E-state index contributed by atoms with van der Waals surface area (Å²) in [5.74, 6) is -0.000953. The Morgan fingerprint density at radius 3 is 2.75 bits per heavy atom. The predicted octanol–water partition coefficient (Wildman–Crippen LogP) is 3.07. The summed E-state index contributed by atoms with van der Waals surface area (Å²) >= 11 is 8.27. The van der Waals surface area contributed by atoms with E-state index in [1.807, 2.05) is 19.9 Å². The Balaban J connectivity index is 2.01. The Hall–Kier alpha value is -1.61. The first kappa shape index (κ1) is 18.7. The summed E-state index contributed by atoms with van der Waals surface area (Å²) in [6.07, 6.45) is 1.97. The molecule has 0 unspecified atom stereocenters. The van der Waals surface area contributed by atoms with Gasteiger partial charge in [0, 0.05) is 18.0 Å². The molecule has 0 atom stereocenters. The SMILES string of the molecule is CC(C)CC(=O)NNC(=O)COc1c(I)cc(Cl)c2cccnc12. The number of aromatic nitrogens is 1. The van der Waals surface area contributed by atoms with Crippen LogP contribution in [0.4, 0.5) is 0 Å². The van der Waals surface area contributed by atoms with E-state index in [1.54, 1.807) is 18.3 Å². The highest BCUT2D eigenvalue weighted by atomic mass is 127. The highest BCUT2D eigenvalue weighted by molar-refractivity contribution is 14.1.